The van der Waals surface area contributed by atoms with Crippen LogP contribution in [-0.4, -0.2) is 71.5 Å². The Labute approximate surface area is 236 Å². The van der Waals surface area contributed by atoms with E-state index in [-0.39, 0.29) is 28.3 Å². The van der Waals surface area contributed by atoms with Crippen LogP contribution < -0.4 is 24.8 Å². The van der Waals surface area contributed by atoms with E-state index in [0.29, 0.717) is 24.5 Å². The van der Waals surface area contributed by atoms with E-state index in [1.54, 1.807) is 13.2 Å². The van der Waals surface area contributed by atoms with Gasteiger partial charge < -0.3 is 24.8 Å². The third kappa shape index (κ3) is 8.25. The zero-order valence-electron chi connectivity index (χ0n) is 22.4. The molecule has 0 saturated carbocycles. The first-order valence-corrected chi connectivity index (χ1v) is 13.5. The highest BCUT2D eigenvalue weighted by Crippen LogP contribution is 2.27. The first-order valence-electron chi connectivity index (χ1n) is 12.0. The van der Waals surface area contributed by atoms with Gasteiger partial charge in [0.1, 0.15) is 12.2 Å². The number of hydrogen-bond acceptors (Lipinski definition) is 10. The SMILES string of the molecule is COC(=O)CNC(=O)c1ccc(C(=O)NS(=O)(=O)c2ccc(C(=O)NCCc3ccc(OC)c(OC)c3)cc2)cn1. The van der Waals surface area contributed by atoms with E-state index in [2.05, 4.69) is 20.4 Å². The Morgan fingerprint density at radius 3 is 2.07 bits per heavy atom. The van der Waals surface area contributed by atoms with Gasteiger partial charge in [-0.25, -0.2) is 13.1 Å². The van der Waals surface area contributed by atoms with Gasteiger partial charge in [0.15, 0.2) is 11.5 Å². The smallest absolute Gasteiger partial charge is 0.325 e. The van der Waals surface area contributed by atoms with Crippen LogP contribution in [0.15, 0.2) is 65.7 Å². The number of nitrogens with zero attached hydrogens (tertiary/aromatic N) is 1. The van der Waals surface area contributed by atoms with Crippen molar-refractivity contribution in [1.82, 2.24) is 20.3 Å². The van der Waals surface area contributed by atoms with Crippen molar-refractivity contribution in [3.05, 3.63) is 83.2 Å². The molecule has 0 bridgehead atoms. The average molecular weight is 585 g/mol. The van der Waals surface area contributed by atoms with Crippen molar-refractivity contribution in [3.63, 3.8) is 0 Å². The molecule has 0 saturated heterocycles. The van der Waals surface area contributed by atoms with Crippen LogP contribution in [0.4, 0.5) is 0 Å². The molecular formula is C27H28N4O9S. The average Bonchev–Trinajstić information content (AvgIpc) is 2.99. The standard InChI is InChI=1S/C27H28N4O9S/c1-38-22-11-4-17(14-23(22)39-2)12-13-28-25(33)18-5-8-20(9-6-18)41(36,37)31-26(34)19-7-10-21(29-15-19)27(35)30-16-24(32)40-3/h4-11,14-15H,12-13,16H2,1-3H3,(H,28,33)(H,30,35)(H,31,34). The van der Waals surface area contributed by atoms with E-state index < -0.39 is 33.7 Å². The number of benzene rings is 2. The molecule has 0 atom stereocenters. The molecule has 0 unspecified atom stereocenters. The Bertz CT molecular complexity index is 1520. The van der Waals surface area contributed by atoms with Gasteiger partial charge in [0, 0.05) is 18.3 Å². The Kier molecular flexibility index (Phi) is 10.4. The normalized spacial score (nSPS) is 10.7. The summed E-state index contributed by atoms with van der Waals surface area (Å²) in [6, 6.07) is 12.9. The van der Waals surface area contributed by atoms with Gasteiger partial charge in [-0.15, -0.1) is 0 Å². The van der Waals surface area contributed by atoms with Crippen molar-refractivity contribution < 1.29 is 41.8 Å². The van der Waals surface area contributed by atoms with Crippen molar-refractivity contribution in [2.45, 2.75) is 11.3 Å². The van der Waals surface area contributed by atoms with Crippen LogP contribution in [-0.2, 0) is 26.0 Å². The molecule has 0 spiro atoms. The van der Waals surface area contributed by atoms with Crippen molar-refractivity contribution in [3.8, 4) is 11.5 Å². The van der Waals surface area contributed by atoms with E-state index in [0.717, 1.165) is 11.8 Å². The third-order valence-electron chi connectivity index (χ3n) is 5.68. The second-order valence-electron chi connectivity index (χ2n) is 8.35. The molecule has 3 N–H and O–H groups in total. The number of hydrogen-bond donors (Lipinski definition) is 3. The van der Waals surface area contributed by atoms with Crippen LogP contribution >= 0.6 is 0 Å². The maximum absolute atomic E-state index is 12.7. The maximum Gasteiger partial charge on any atom is 0.325 e. The van der Waals surface area contributed by atoms with Gasteiger partial charge in [0.25, 0.3) is 27.7 Å². The van der Waals surface area contributed by atoms with Crippen LogP contribution in [0.5, 0.6) is 11.5 Å². The minimum absolute atomic E-state index is 0.0918. The van der Waals surface area contributed by atoms with E-state index in [4.69, 9.17) is 9.47 Å². The molecule has 0 fully saturated rings. The van der Waals surface area contributed by atoms with Gasteiger partial charge in [0.2, 0.25) is 0 Å². The van der Waals surface area contributed by atoms with Gasteiger partial charge in [-0.3, -0.25) is 24.2 Å². The zero-order chi connectivity index (χ0) is 30.0. The van der Waals surface area contributed by atoms with Crippen LogP contribution in [0, 0.1) is 0 Å². The number of esters is 1. The van der Waals surface area contributed by atoms with Gasteiger partial charge in [-0.1, -0.05) is 6.07 Å². The summed E-state index contributed by atoms with van der Waals surface area (Å²) >= 11 is 0. The first-order chi connectivity index (χ1) is 19.6. The van der Waals surface area contributed by atoms with Crippen molar-refractivity contribution in [1.29, 1.82) is 0 Å². The maximum atomic E-state index is 12.7. The van der Waals surface area contributed by atoms with Gasteiger partial charge in [0.05, 0.1) is 31.8 Å². The lowest BCUT2D eigenvalue weighted by Crippen LogP contribution is -2.32. The Morgan fingerprint density at radius 1 is 0.780 bits per heavy atom. The van der Waals surface area contributed by atoms with Crippen molar-refractivity contribution >= 4 is 33.7 Å². The molecule has 0 aliphatic rings. The lowest BCUT2D eigenvalue weighted by atomic mass is 10.1. The second kappa shape index (κ2) is 13.9. The number of pyridine rings is 1. The van der Waals surface area contributed by atoms with E-state index in [1.165, 1.54) is 50.6 Å². The Morgan fingerprint density at radius 2 is 1.46 bits per heavy atom. The topological polar surface area (TPSA) is 179 Å². The number of carbonyl (C=O) groups is 4. The van der Waals surface area contributed by atoms with E-state index in [1.807, 2.05) is 16.9 Å². The summed E-state index contributed by atoms with van der Waals surface area (Å²) in [5.41, 5.74) is 0.939. The molecule has 3 rings (SSSR count). The number of rotatable bonds is 12. The minimum Gasteiger partial charge on any atom is -0.493 e. The summed E-state index contributed by atoms with van der Waals surface area (Å²) < 4.78 is 42.2. The molecule has 3 aromatic rings. The second-order valence-corrected chi connectivity index (χ2v) is 10.0. The summed E-state index contributed by atoms with van der Waals surface area (Å²) in [5.74, 6) is -1.54. The summed E-state index contributed by atoms with van der Waals surface area (Å²) in [7, 11) is -0.0283. The number of methoxy groups -OCH3 is 3. The van der Waals surface area contributed by atoms with Crippen molar-refractivity contribution in [2.75, 3.05) is 34.4 Å². The van der Waals surface area contributed by atoms with E-state index >= 15 is 0 Å². The zero-order valence-corrected chi connectivity index (χ0v) is 23.2. The molecule has 216 valence electrons. The number of ether oxygens (including phenoxy) is 3. The fraction of sp³-hybridized carbons (Fsp3) is 0.222. The number of aromatic nitrogens is 1. The third-order valence-corrected chi connectivity index (χ3v) is 7.03. The summed E-state index contributed by atoms with van der Waals surface area (Å²) in [6.45, 7) is -0.0402. The fourth-order valence-corrected chi connectivity index (χ4v) is 4.44. The number of nitrogens with one attached hydrogen (secondary N) is 3. The predicted molar refractivity (Wildman–Crippen MR) is 145 cm³/mol. The Balaban J connectivity index is 1.55. The van der Waals surface area contributed by atoms with Crippen molar-refractivity contribution in [2.24, 2.45) is 0 Å². The predicted octanol–water partition coefficient (Wildman–Crippen LogP) is 1.09. The number of sulfonamides is 1. The van der Waals surface area contributed by atoms with Crippen LogP contribution in [0.3, 0.4) is 0 Å². The van der Waals surface area contributed by atoms with Crippen LogP contribution in [0.1, 0.15) is 36.8 Å². The molecular weight excluding hydrogens is 556 g/mol. The molecule has 41 heavy (non-hydrogen) atoms. The number of amides is 3. The molecule has 3 amide bonds. The Hall–Kier alpha value is -4.98. The fourth-order valence-electron chi connectivity index (χ4n) is 3.46. The quantitative estimate of drug-likeness (QED) is 0.261. The molecule has 0 aliphatic carbocycles. The lowest BCUT2D eigenvalue weighted by molar-refractivity contribution is -0.139. The van der Waals surface area contributed by atoms with Gasteiger partial charge in [-0.05, 0) is 60.5 Å². The highest BCUT2D eigenvalue weighted by atomic mass is 32.2. The largest absolute Gasteiger partial charge is 0.493 e. The summed E-state index contributed by atoms with van der Waals surface area (Å²) in [6.07, 6.45) is 1.55. The minimum atomic E-state index is -4.27. The summed E-state index contributed by atoms with van der Waals surface area (Å²) in [4.78, 5) is 51.7. The monoisotopic (exact) mass is 584 g/mol. The molecule has 2 aromatic carbocycles. The lowest BCUT2D eigenvalue weighted by Gasteiger charge is -2.10. The number of carbonyl (C=O) groups excluding carboxylic acids is 4. The molecule has 1 heterocycles. The first kappa shape index (κ1) is 30.6. The summed E-state index contributed by atoms with van der Waals surface area (Å²) in [5, 5.41) is 5.05. The molecule has 1 aromatic heterocycles. The van der Waals surface area contributed by atoms with Gasteiger partial charge >= 0.3 is 5.97 Å². The highest BCUT2D eigenvalue weighted by molar-refractivity contribution is 7.90. The van der Waals surface area contributed by atoms with Crippen LogP contribution in [0.2, 0.25) is 0 Å². The van der Waals surface area contributed by atoms with Gasteiger partial charge in [-0.2, -0.15) is 0 Å². The van der Waals surface area contributed by atoms with Crippen LogP contribution in [0.25, 0.3) is 0 Å². The molecule has 0 aliphatic heterocycles. The van der Waals surface area contributed by atoms with E-state index in [9.17, 15) is 27.6 Å². The molecule has 13 nitrogen and oxygen atoms in total. The molecule has 0 radical (unpaired) electrons. The highest BCUT2D eigenvalue weighted by Gasteiger charge is 2.20. The molecule has 14 heteroatoms.